The van der Waals surface area contributed by atoms with E-state index in [1.807, 2.05) is 6.92 Å². The van der Waals surface area contributed by atoms with E-state index < -0.39 is 0 Å². The average molecular weight is 162 g/mol. The molecule has 0 aliphatic rings. The monoisotopic (exact) mass is 162 g/mol. The normalized spacial score (nSPS) is 10.1. The minimum Gasteiger partial charge on any atom is -0.263 e. The summed E-state index contributed by atoms with van der Waals surface area (Å²) in [5, 5.41) is 6.60. The summed E-state index contributed by atoms with van der Waals surface area (Å²) in [6, 6.07) is 0. The van der Waals surface area contributed by atoms with Crippen LogP contribution in [0.15, 0.2) is 12.7 Å². The van der Waals surface area contributed by atoms with Crippen LogP contribution in [0.2, 0.25) is 0 Å². The Morgan fingerprint density at radius 2 is 1.92 bits per heavy atom. The van der Waals surface area contributed by atoms with E-state index in [4.69, 9.17) is 0 Å². The molecule has 0 fully saturated rings. The first kappa shape index (κ1) is 6.84. The van der Waals surface area contributed by atoms with Crippen LogP contribution in [-0.4, -0.2) is 30.1 Å². The van der Waals surface area contributed by atoms with Crippen molar-refractivity contribution in [1.29, 1.82) is 0 Å². The van der Waals surface area contributed by atoms with Crippen molar-refractivity contribution in [2.75, 3.05) is 0 Å². The number of aryl methyl sites for hydroxylation is 1. The second-order valence-electron chi connectivity index (χ2n) is 2.21. The molecule has 0 atom stereocenters. The molecule has 6 nitrogen and oxygen atoms in total. The van der Waals surface area contributed by atoms with Gasteiger partial charge in [0.25, 0.3) is 0 Å². The molecule has 0 aliphatic carbocycles. The third kappa shape index (κ3) is 1.14. The highest BCUT2D eigenvalue weighted by atomic mass is 15.2. The van der Waals surface area contributed by atoms with E-state index in [-0.39, 0.29) is 0 Å². The maximum Gasteiger partial charge on any atom is 0.219 e. The van der Waals surface area contributed by atoms with Gasteiger partial charge in [0.15, 0.2) is 0 Å². The molecule has 0 spiro atoms. The van der Waals surface area contributed by atoms with Crippen molar-refractivity contribution in [2.45, 2.75) is 6.92 Å². The Morgan fingerprint density at radius 1 is 1.17 bits per heavy atom. The highest BCUT2D eigenvalue weighted by Gasteiger charge is 2.04. The fourth-order valence-corrected chi connectivity index (χ4v) is 0.797. The number of rotatable bonds is 1. The zero-order valence-corrected chi connectivity index (χ0v) is 6.39. The van der Waals surface area contributed by atoms with Crippen LogP contribution in [-0.2, 0) is 0 Å². The van der Waals surface area contributed by atoms with Crippen molar-refractivity contribution in [2.24, 2.45) is 0 Å². The minimum atomic E-state index is 0.481. The van der Waals surface area contributed by atoms with E-state index in [0.29, 0.717) is 11.6 Å². The predicted octanol–water partition coefficient (Wildman–Crippen LogP) is -0.0349. The van der Waals surface area contributed by atoms with Gasteiger partial charge in [0.05, 0.1) is 0 Å². The lowest BCUT2D eigenvalue weighted by atomic mass is 10.6. The Morgan fingerprint density at radius 3 is 2.50 bits per heavy atom. The molecule has 0 saturated carbocycles. The molecule has 1 N–H and O–H groups in total. The molecule has 2 rings (SSSR count). The molecule has 0 saturated heterocycles. The maximum absolute atomic E-state index is 4.06. The van der Waals surface area contributed by atoms with Crippen LogP contribution in [0.3, 0.4) is 0 Å². The number of aromatic amines is 1. The molecule has 0 radical (unpaired) electrons. The molecular formula is C6H6N6. The summed E-state index contributed by atoms with van der Waals surface area (Å²) >= 11 is 0. The Labute approximate surface area is 68.1 Å². The van der Waals surface area contributed by atoms with Crippen LogP contribution in [0.5, 0.6) is 0 Å². The van der Waals surface area contributed by atoms with Crippen LogP contribution < -0.4 is 0 Å². The lowest BCUT2D eigenvalue weighted by molar-refractivity contribution is 1.01. The Kier molecular flexibility index (Phi) is 1.51. The number of H-pyrrole nitrogens is 1. The van der Waals surface area contributed by atoms with Crippen LogP contribution >= 0.6 is 0 Å². The Hall–Kier alpha value is -1.85. The predicted molar refractivity (Wildman–Crippen MR) is 39.9 cm³/mol. The van der Waals surface area contributed by atoms with Gasteiger partial charge in [-0.3, -0.25) is 5.10 Å². The highest BCUT2D eigenvalue weighted by Crippen LogP contribution is 2.04. The molecule has 2 aromatic heterocycles. The minimum absolute atomic E-state index is 0.481. The van der Waals surface area contributed by atoms with E-state index in [1.165, 1.54) is 12.7 Å². The van der Waals surface area contributed by atoms with Gasteiger partial charge in [-0.25, -0.2) is 19.9 Å². The van der Waals surface area contributed by atoms with Gasteiger partial charge in [0, 0.05) is 0 Å². The van der Waals surface area contributed by atoms with Gasteiger partial charge in [-0.15, -0.1) is 5.10 Å². The summed E-state index contributed by atoms with van der Waals surface area (Å²) < 4.78 is 0. The first-order valence-electron chi connectivity index (χ1n) is 3.37. The zero-order chi connectivity index (χ0) is 8.39. The third-order valence-electron chi connectivity index (χ3n) is 1.29. The first-order chi connectivity index (χ1) is 5.86. The van der Waals surface area contributed by atoms with Crippen molar-refractivity contribution in [3.8, 4) is 11.6 Å². The molecule has 0 aliphatic heterocycles. The fraction of sp³-hybridized carbons (Fsp3) is 0.167. The first-order valence-corrected chi connectivity index (χ1v) is 3.37. The number of nitrogens with zero attached hydrogens (tertiary/aromatic N) is 5. The van der Waals surface area contributed by atoms with Gasteiger partial charge in [-0.1, -0.05) is 0 Å². The van der Waals surface area contributed by atoms with Crippen molar-refractivity contribution in [1.82, 2.24) is 30.1 Å². The topological polar surface area (TPSA) is 80.2 Å². The van der Waals surface area contributed by atoms with Crippen LogP contribution in [0.25, 0.3) is 11.6 Å². The fourth-order valence-electron chi connectivity index (χ4n) is 0.797. The lowest BCUT2D eigenvalue weighted by Crippen LogP contribution is -1.90. The van der Waals surface area contributed by atoms with Crippen molar-refractivity contribution in [3.63, 3.8) is 0 Å². The van der Waals surface area contributed by atoms with E-state index in [1.54, 1.807) is 0 Å². The quantitative estimate of drug-likeness (QED) is 0.636. The summed E-state index contributed by atoms with van der Waals surface area (Å²) in [7, 11) is 0. The van der Waals surface area contributed by atoms with Crippen LogP contribution in [0.1, 0.15) is 5.82 Å². The average Bonchev–Trinajstić information content (AvgIpc) is 2.54. The molecule has 0 bridgehead atoms. The smallest absolute Gasteiger partial charge is 0.219 e. The summed E-state index contributed by atoms with van der Waals surface area (Å²) in [6.45, 7) is 1.82. The second-order valence-corrected chi connectivity index (χ2v) is 2.21. The molecule has 2 heterocycles. The van der Waals surface area contributed by atoms with Gasteiger partial charge in [-0.05, 0) is 6.92 Å². The van der Waals surface area contributed by atoms with Crippen LogP contribution in [0, 0.1) is 6.92 Å². The molecule has 0 unspecified atom stereocenters. The molecule has 60 valence electrons. The molecular weight excluding hydrogens is 156 g/mol. The van der Waals surface area contributed by atoms with Gasteiger partial charge >= 0.3 is 0 Å². The van der Waals surface area contributed by atoms with Crippen molar-refractivity contribution in [3.05, 3.63) is 18.5 Å². The zero-order valence-electron chi connectivity index (χ0n) is 6.39. The summed E-state index contributed by atoms with van der Waals surface area (Å²) in [4.78, 5) is 15.5. The van der Waals surface area contributed by atoms with E-state index in [9.17, 15) is 0 Å². The number of aromatic nitrogens is 6. The van der Waals surface area contributed by atoms with E-state index >= 15 is 0 Å². The second kappa shape index (κ2) is 2.65. The Balaban J connectivity index is 2.45. The van der Waals surface area contributed by atoms with Gasteiger partial charge < -0.3 is 0 Å². The summed E-state index contributed by atoms with van der Waals surface area (Å²) in [6.07, 6.45) is 2.82. The largest absolute Gasteiger partial charge is 0.263 e. The molecule has 0 amide bonds. The van der Waals surface area contributed by atoms with Gasteiger partial charge in [-0.2, -0.15) is 0 Å². The standard InChI is InChI=1S/C6H6N6/c1-4-10-6(12-11-4)5-8-2-7-3-9-5/h2-3H,1H3,(H,10,11,12). The maximum atomic E-state index is 4.06. The highest BCUT2D eigenvalue weighted by molar-refractivity contribution is 5.40. The van der Waals surface area contributed by atoms with E-state index in [0.717, 1.165) is 5.82 Å². The molecule has 12 heavy (non-hydrogen) atoms. The van der Waals surface area contributed by atoms with Crippen LogP contribution in [0.4, 0.5) is 0 Å². The Bertz CT molecular complexity index is 367. The lowest BCUT2D eigenvalue weighted by Gasteiger charge is -1.88. The summed E-state index contributed by atoms with van der Waals surface area (Å²) in [5.74, 6) is 1.72. The third-order valence-corrected chi connectivity index (χ3v) is 1.29. The van der Waals surface area contributed by atoms with Crippen molar-refractivity contribution >= 4 is 0 Å². The molecule has 0 aromatic carbocycles. The molecule has 2 aromatic rings. The van der Waals surface area contributed by atoms with Gasteiger partial charge in [0.2, 0.25) is 11.6 Å². The number of nitrogens with one attached hydrogen (secondary N) is 1. The SMILES string of the molecule is Cc1nc(-c2ncncn2)n[nH]1. The van der Waals surface area contributed by atoms with E-state index in [2.05, 4.69) is 30.1 Å². The number of hydrogen-bond acceptors (Lipinski definition) is 5. The molecule has 6 heteroatoms. The summed E-state index contributed by atoms with van der Waals surface area (Å²) in [5.41, 5.74) is 0. The number of hydrogen-bond donors (Lipinski definition) is 1. The van der Waals surface area contributed by atoms with Crippen molar-refractivity contribution < 1.29 is 0 Å². The van der Waals surface area contributed by atoms with Gasteiger partial charge in [0.1, 0.15) is 18.5 Å².